The van der Waals surface area contributed by atoms with Gasteiger partial charge in [-0.2, -0.15) is 0 Å². The van der Waals surface area contributed by atoms with Gasteiger partial charge < -0.3 is 10.4 Å². The van der Waals surface area contributed by atoms with Crippen LogP contribution in [0.3, 0.4) is 0 Å². The molecule has 0 aromatic carbocycles. The zero-order chi connectivity index (χ0) is 11.5. The van der Waals surface area contributed by atoms with Gasteiger partial charge >= 0.3 is 5.97 Å². The van der Waals surface area contributed by atoms with Crippen molar-refractivity contribution in [1.29, 1.82) is 0 Å². The van der Waals surface area contributed by atoms with E-state index in [0.717, 1.165) is 18.0 Å². The van der Waals surface area contributed by atoms with E-state index in [9.17, 15) is 4.79 Å². The molecule has 1 aromatic heterocycles. The molecule has 3 nitrogen and oxygen atoms in total. The van der Waals surface area contributed by atoms with Crippen molar-refractivity contribution in [1.82, 2.24) is 5.32 Å². The maximum atomic E-state index is 10.6. The Morgan fingerprint density at radius 2 is 2.13 bits per heavy atom. The van der Waals surface area contributed by atoms with E-state index < -0.39 is 5.97 Å². The second-order valence-electron chi connectivity index (χ2n) is 4.74. The summed E-state index contributed by atoms with van der Waals surface area (Å²) >= 11 is 1.33. The standard InChI is InChI=1S/C11H17NO2S/c1-11(2,3)7-12-6-8-4-5-9(15-8)10(13)14/h4-5,12H,6-7H2,1-3H3,(H,13,14). The summed E-state index contributed by atoms with van der Waals surface area (Å²) in [6.45, 7) is 8.16. The van der Waals surface area contributed by atoms with Gasteiger partial charge in [-0.05, 0) is 17.5 Å². The first-order valence-corrected chi connectivity index (χ1v) is 5.73. The lowest BCUT2D eigenvalue weighted by molar-refractivity contribution is 0.0702. The number of aromatic carboxylic acids is 1. The van der Waals surface area contributed by atoms with Crippen LogP contribution in [0.25, 0.3) is 0 Å². The maximum absolute atomic E-state index is 10.6. The van der Waals surface area contributed by atoms with E-state index in [-0.39, 0.29) is 5.41 Å². The molecular formula is C11H17NO2S. The summed E-state index contributed by atoms with van der Waals surface area (Å²) in [6, 6.07) is 3.52. The monoisotopic (exact) mass is 227 g/mol. The van der Waals surface area contributed by atoms with Gasteiger partial charge in [0, 0.05) is 18.0 Å². The van der Waals surface area contributed by atoms with Gasteiger partial charge in [0.15, 0.2) is 0 Å². The van der Waals surface area contributed by atoms with Gasteiger partial charge in [-0.3, -0.25) is 0 Å². The minimum absolute atomic E-state index is 0.257. The molecule has 0 atom stereocenters. The topological polar surface area (TPSA) is 49.3 Å². The Hall–Kier alpha value is -0.870. The summed E-state index contributed by atoms with van der Waals surface area (Å²) in [5.41, 5.74) is 0.257. The first kappa shape index (κ1) is 12.2. The van der Waals surface area contributed by atoms with Crippen molar-refractivity contribution in [3.8, 4) is 0 Å². The van der Waals surface area contributed by atoms with Crippen LogP contribution in [0, 0.1) is 5.41 Å². The third-order valence-electron chi connectivity index (χ3n) is 1.83. The fourth-order valence-corrected chi connectivity index (χ4v) is 1.96. The molecule has 84 valence electrons. The maximum Gasteiger partial charge on any atom is 0.345 e. The lowest BCUT2D eigenvalue weighted by Gasteiger charge is -2.18. The molecule has 0 spiro atoms. The van der Waals surface area contributed by atoms with E-state index >= 15 is 0 Å². The van der Waals surface area contributed by atoms with E-state index in [4.69, 9.17) is 5.11 Å². The average molecular weight is 227 g/mol. The zero-order valence-electron chi connectivity index (χ0n) is 9.33. The molecule has 0 saturated carbocycles. The Labute approximate surface area is 94.1 Å². The lowest BCUT2D eigenvalue weighted by atomic mass is 9.97. The quantitative estimate of drug-likeness (QED) is 0.831. The van der Waals surface area contributed by atoms with E-state index in [1.807, 2.05) is 6.07 Å². The zero-order valence-corrected chi connectivity index (χ0v) is 10.1. The third-order valence-corrected chi connectivity index (χ3v) is 2.90. The highest BCUT2D eigenvalue weighted by molar-refractivity contribution is 7.13. The van der Waals surface area contributed by atoms with Gasteiger partial charge in [0.05, 0.1) is 0 Å². The Morgan fingerprint density at radius 3 is 2.60 bits per heavy atom. The minimum Gasteiger partial charge on any atom is -0.477 e. The first-order chi connectivity index (χ1) is 6.88. The SMILES string of the molecule is CC(C)(C)CNCc1ccc(C(=O)O)s1. The Bertz CT molecular complexity index is 339. The molecule has 1 heterocycles. The van der Waals surface area contributed by atoms with Crippen LogP contribution in [0.15, 0.2) is 12.1 Å². The van der Waals surface area contributed by atoms with Crippen molar-refractivity contribution in [2.24, 2.45) is 5.41 Å². The molecule has 15 heavy (non-hydrogen) atoms. The van der Waals surface area contributed by atoms with Crippen LogP contribution in [-0.4, -0.2) is 17.6 Å². The van der Waals surface area contributed by atoms with Crippen LogP contribution >= 0.6 is 11.3 Å². The predicted octanol–water partition coefficient (Wildman–Crippen LogP) is 2.58. The highest BCUT2D eigenvalue weighted by atomic mass is 32.1. The third kappa shape index (κ3) is 4.44. The smallest absolute Gasteiger partial charge is 0.345 e. The molecule has 0 fully saturated rings. The van der Waals surface area contributed by atoms with Gasteiger partial charge in [-0.15, -0.1) is 11.3 Å². The van der Waals surface area contributed by atoms with Crippen molar-refractivity contribution in [2.75, 3.05) is 6.54 Å². The molecule has 2 N–H and O–H groups in total. The second kappa shape index (κ2) is 4.77. The summed E-state index contributed by atoms with van der Waals surface area (Å²) < 4.78 is 0. The molecule has 1 rings (SSSR count). The molecule has 1 aromatic rings. The van der Waals surface area contributed by atoms with E-state index in [0.29, 0.717) is 4.88 Å². The highest BCUT2D eigenvalue weighted by Gasteiger charge is 2.10. The summed E-state index contributed by atoms with van der Waals surface area (Å²) in [7, 11) is 0. The number of hydrogen-bond donors (Lipinski definition) is 2. The number of hydrogen-bond acceptors (Lipinski definition) is 3. The number of thiophene rings is 1. The van der Waals surface area contributed by atoms with Gasteiger partial charge in [-0.25, -0.2) is 4.79 Å². The molecule has 0 aliphatic rings. The number of carbonyl (C=O) groups is 1. The molecule has 0 bridgehead atoms. The molecule has 0 unspecified atom stereocenters. The van der Waals surface area contributed by atoms with E-state index in [2.05, 4.69) is 26.1 Å². The Kier molecular flexibility index (Phi) is 3.88. The first-order valence-electron chi connectivity index (χ1n) is 4.91. The van der Waals surface area contributed by atoms with Crippen molar-refractivity contribution in [2.45, 2.75) is 27.3 Å². The molecule has 0 aliphatic heterocycles. The normalized spacial score (nSPS) is 11.7. The highest BCUT2D eigenvalue weighted by Crippen LogP contribution is 2.17. The van der Waals surface area contributed by atoms with E-state index in [1.165, 1.54) is 11.3 Å². The number of carboxylic acid groups (broad SMARTS) is 1. The molecule has 0 saturated heterocycles. The average Bonchev–Trinajstić information content (AvgIpc) is 2.50. The van der Waals surface area contributed by atoms with Crippen molar-refractivity contribution >= 4 is 17.3 Å². The van der Waals surface area contributed by atoms with Crippen LogP contribution in [0.2, 0.25) is 0 Å². The van der Waals surface area contributed by atoms with Gasteiger partial charge in [0.1, 0.15) is 4.88 Å². The van der Waals surface area contributed by atoms with Crippen molar-refractivity contribution in [3.63, 3.8) is 0 Å². The fraction of sp³-hybridized carbons (Fsp3) is 0.545. The summed E-state index contributed by atoms with van der Waals surface area (Å²) in [4.78, 5) is 12.1. The van der Waals surface area contributed by atoms with Crippen LogP contribution in [-0.2, 0) is 6.54 Å². The van der Waals surface area contributed by atoms with E-state index in [1.54, 1.807) is 6.07 Å². The van der Waals surface area contributed by atoms with Crippen molar-refractivity contribution < 1.29 is 9.90 Å². The molecule has 4 heteroatoms. The minimum atomic E-state index is -0.845. The Balaban J connectivity index is 2.41. The number of rotatable bonds is 4. The number of nitrogens with one attached hydrogen (secondary N) is 1. The summed E-state index contributed by atoms with van der Waals surface area (Å²) in [5.74, 6) is -0.845. The summed E-state index contributed by atoms with van der Waals surface area (Å²) in [6.07, 6.45) is 0. The Morgan fingerprint density at radius 1 is 1.47 bits per heavy atom. The molecule has 0 aliphatic carbocycles. The molecular weight excluding hydrogens is 210 g/mol. The lowest BCUT2D eigenvalue weighted by Crippen LogP contribution is -2.26. The van der Waals surface area contributed by atoms with Gasteiger partial charge in [0.2, 0.25) is 0 Å². The van der Waals surface area contributed by atoms with Crippen LogP contribution in [0.4, 0.5) is 0 Å². The van der Waals surface area contributed by atoms with Crippen LogP contribution < -0.4 is 5.32 Å². The molecule has 0 amide bonds. The van der Waals surface area contributed by atoms with Crippen LogP contribution in [0.1, 0.15) is 35.3 Å². The summed E-state index contributed by atoms with van der Waals surface area (Å²) in [5, 5.41) is 12.1. The van der Waals surface area contributed by atoms with Gasteiger partial charge in [0.25, 0.3) is 0 Å². The van der Waals surface area contributed by atoms with Crippen molar-refractivity contribution in [3.05, 3.63) is 21.9 Å². The van der Waals surface area contributed by atoms with Crippen LogP contribution in [0.5, 0.6) is 0 Å². The molecule has 0 radical (unpaired) electrons. The largest absolute Gasteiger partial charge is 0.477 e. The second-order valence-corrected chi connectivity index (χ2v) is 5.90. The predicted molar refractivity (Wildman–Crippen MR) is 62.4 cm³/mol. The van der Waals surface area contributed by atoms with Gasteiger partial charge in [-0.1, -0.05) is 20.8 Å². The number of carboxylic acids is 1. The fourth-order valence-electron chi connectivity index (χ4n) is 1.15.